The van der Waals surface area contributed by atoms with Gasteiger partial charge in [0.15, 0.2) is 0 Å². The fraction of sp³-hybridized carbons (Fsp3) is 0.941. The van der Waals surface area contributed by atoms with Gasteiger partial charge in [-0.3, -0.25) is 9.59 Å². The van der Waals surface area contributed by atoms with Gasteiger partial charge in [-0.15, -0.1) is 0 Å². The van der Waals surface area contributed by atoms with Gasteiger partial charge in [-0.1, -0.05) is 181 Å². The van der Waals surface area contributed by atoms with Crippen molar-refractivity contribution < 1.29 is 14.7 Å². The van der Waals surface area contributed by atoms with Gasteiger partial charge < -0.3 is 5.11 Å². The minimum atomic E-state index is -0.909. The highest BCUT2D eigenvalue weighted by atomic mass is 16.4. The van der Waals surface area contributed by atoms with Crippen molar-refractivity contribution in [3.63, 3.8) is 0 Å². The molecule has 0 saturated carbocycles. The molecule has 0 rings (SSSR count). The summed E-state index contributed by atoms with van der Waals surface area (Å²) in [5.41, 5.74) is 0. The van der Waals surface area contributed by atoms with Gasteiger partial charge in [0.25, 0.3) is 0 Å². The van der Waals surface area contributed by atoms with Gasteiger partial charge in [0.05, 0.1) is 0 Å². The van der Waals surface area contributed by atoms with Crippen LogP contribution < -0.4 is 0 Å². The highest BCUT2D eigenvalue weighted by Gasteiger charge is 2.24. The van der Waals surface area contributed by atoms with Crippen LogP contribution in [0.1, 0.15) is 200 Å². The van der Waals surface area contributed by atoms with Crippen molar-refractivity contribution in [2.75, 3.05) is 0 Å². The molecule has 3 heteroatoms. The summed E-state index contributed by atoms with van der Waals surface area (Å²) in [5, 5.41) is 9.51. The van der Waals surface area contributed by atoms with E-state index in [1.165, 1.54) is 148 Å². The lowest BCUT2D eigenvalue weighted by atomic mass is 9.93. The Morgan fingerprint density at radius 3 is 1.00 bits per heavy atom. The SMILES string of the molecule is CCCCCCCCCCCCCCCCCCCC(=O)C(CCCCCCCCCCCC)C(=O)O. The summed E-state index contributed by atoms with van der Waals surface area (Å²) in [7, 11) is 0. The van der Waals surface area contributed by atoms with E-state index < -0.39 is 11.9 Å². The van der Waals surface area contributed by atoms with Crippen molar-refractivity contribution >= 4 is 11.8 Å². The summed E-state index contributed by atoms with van der Waals surface area (Å²) in [6, 6.07) is 0. The highest BCUT2D eigenvalue weighted by Crippen LogP contribution is 2.18. The fourth-order valence-corrected chi connectivity index (χ4v) is 5.46. The molecule has 0 radical (unpaired) electrons. The highest BCUT2D eigenvalue weighted by molar-refractivity contribution is 5.98. The van der Waals surface area contributed by atoms with E-state index >= 15 is 0 Å². The van der Waals surface area contributed by atoms with E-state index in [4.69, 9.17) is 0 Å². The third-order valence-corrected chi connectivity index (χ3v) is 8.06. The van der Waals surface area contributed by atoms with Crippen molar-refractivity contribution in [1.29, 1.82) is 0 Å². The number of unbranched alkanes of at least 4 members (excludes halogenated alkanes) is 25. The second kappa shape index (κ2) is 29.7. The molecule has 1 unspecified atom stereocenters. The molecule has 0 spiro atoms. The van der Waals surface area contributed by atoms with Crippen molar-refractivity contribution in [1.82, 2.24) is 0 Å². The van der Waals surface area contributed by atoms with Crippen LogP contribution in [0.15, 0.2) is 0 Å². The third-order valence-electron chi connectivity index (χ3n) is 8.06. The summed E-state index contributed by atoms with van der Waals surface area (Å²) in [4.78, 5) is 24.0. The Morgan fingerprint density at radius 2 is 0.703 bits per heavy atom. The van der Waals surface area contributed by atoms with Crippen LogP contribution in [0.4, 0.5) is 0 Å². The molecule has 0 aromatic heterocycles. The van der Waals surface area contributed by atoms with E-state index in [0.717, 1.165) is 25.7 Å². The summed E-state index contributed by atoms with van der Waals surface area (Å²) in [6.45, 7) is 4.53. The Bertz CT molecular complexity index is 487. The number of hydrogen-bond acceptors (Lipinski definition) is 2. The Hall–Kier alpha value is -0.860. The predicted molar refractivity (Wildman–Crippen MR) is 161 cm³/mol. The number of hydrogen-bond donors (Lipinski definition) is 1. The van der Waals surface area contributed by atoms with Crippen molar-refractivity contribution in [2.45, 2.75) is 200 Å². The lowest BCUT2D eigenvalue weighted by Gasteiger charge is -2.11. The number of carbonyl (C=O) groups excluding carboxylic acids is 1. The quantitative estimate of drug-likeness (QED) is 0.0727. The van der Waals surface area contributed by atoms with Gasteiger partial charge in [-0.05, 0) is 12.8 Å². The van der Waals surface area contributed by atoms with E-state index in [2.05, 4.69) is 13.8 Å². The minimum Gasteiger partial charge on any atom is -0.481 e. The Balaban J connectivity index is 3.51. The maximum absolute atomic E-state index is 12.5. The maximum atomic E-state index is 12.5. The molecule has 0 aromatic rings. The average Bonchev–Trinajstić information content (AvgIpc) is 2.88. The molecular formula is C34H66O3. The van der Waals surface area contributed by atoms with Crippen LogP contribution >= 0.6 is 0 Å². The first-order valence-corrected chi connectivity index (χ1v) is 16.9. The van der Waals surface area contributed by atoms with Crippen LogP contribution in [0, 0.1) is 5.92 Å². The van der Waals surface area contributed by atoms with Crippen LogP contribution in [-0.2, 0) is 9.59 Å². The molecule has 0 heterocycles. The zero-order valence-electron chi connectivity index (χ0n) is 25.3. The van der Waals surface area contributed by atoms with Crippen LogP contribution in [0.5, 0.6) is 0 Å². The molecule has 220 valence electrons. The van der Waals surface area contributed by atoms with Gasteiger partial charge in [0, 0.05) is 6.42 Å². The summed E-state index contributed by atoms with van der Waals surface area (Å²) in [6.07, 6.45) is 35.8. The molecular weight excluding hydrogens is 456 g/mol. The zero-order chi connectivity index (χ0) is 27.2. The monoisotopic (exact) mass is 523 g/mol. The largest absolute Gasteiger partial charge is 0.481 e. The molecule has 0 amide bonds. The zero-order valence-corrected chi connectivity index (χ0v) is 25.3. The van der Waals surface area contributed by atoms with Gasteiger partial charge >= 0.3 is 5.97 Å². The summed E-state index contributed by atoms with van der Waals surface area (Å²) < 4.78 is 0. The molecule has 1 atom stereocenters. The number of rotatable bonds is 31. The van der Waals surface area contributed by atoms with E-state index in [1.54, 1.807) is 0 Å². The van der Waals surface area contributed by atoms with Crippen molar-refractivity contribution in [3.05, 3.63) is 0 Å². The smallest absolute Gasteiger partial charge is 0.314 e. The molecule has 0 aromatic carbocycles. The topological polar surface area (TPSA) is 54.4 Å². The van der Waals surface area contributed by atoms with Gasteiger partial charge in [0.2, 0.25) is 0 Å². The third kappa shape index (κ3) is 26.5. The van der Waals surface area contributed by atoms with Gasteiger partial charge in [-0.25, -0.2) is 0 Å². The van der Waals surface area contributed by atoms with Crippen molar-refractivity contribution in [2.24, 2.45) is 5.92 Å². The number of Topliss-reactive ketones (excluding diaryl/α,β-unsaturated/α-hetero) is 1. The number of carboxylic acid groups (broad SMARTS) is 1. The summed E-state index contributed by atoms with van der Waals surface area (Å²) in [5.74, 6) is -1.72. The van der Waals surface area contributed by atoms with Crippen LogP contribution in [0.25, 0.3) is 0 Å². The molecule has 3 nitrogen and oxygen atoms in total. The Morgan fingerprint density at radius 1 is 0.432 bits per heavy atom. The van der Waals surface area contributed by atoms with Gasteiger partial charge in [0.1, 0.15) is 11.7 Å². The lowest BCUT2D eigenvalue weighted by Crippen LogP contribution is -2.23. The Labute approximate surface area is 232 Å². The Kier molecular flexibility index (Phi) is 29.0. The van der Waals surface area contributed by atoms with Crippen molar-refractivity contribution in [3.8, 4) is 0 Å². The molecule has 0 saturated heterocycles. The number of ketones is 1. The molecule has 0 aliphatic carbocycles. The average molecular weight is 523 g/mol. The minimum absolute atomic E-state index is 0.0376. The fourth-order valence-electron chi connectivity index (χ4n) is 5.46. The molecule has 1 N–H and O–H groups in total. The van der Waals surface area contributed by atoms with Crippen LogP contribution in [0.3, 0.4) is 0 Å². The molecule has 0 fully saturated rings. The van der Waals surface area contributed by atoms with E-state index in [0.29, 0.717) is 12.8 Å². The van der Waals surface area contributed by atoms with E-state index in [9.17, 15) is 14.7 Å². The normalized spacial score (nSPS) is 12.2. The number of aliphatic carboxylic acids is 1. The van der Waals surface area contributed by atoms with Crippen LogP contribution in [-0.4, -0.2) is 16.9 Å². The first-order chi connectivity index (χ1) is 18.1. The second-order valence-electron chi connectivity index (χ2n) is 11.7. The molecule has 0 bridgehead atoms. The second-order valence-corrected chi connectivity index (χ2v) is 11.7. The lowest BCUT2D eigenvalue weighted by molar-refractivity contribution is -0.146. The number of carbonyl (C=O) groups is 2. The molecule has 0 aliphatic heterocycles. The first-order valence-electron chi connectivity index (χ1n) is 16.9. The van der Waals surface area contributed by atoms with E-state index in [-0.39, 0.29) is 5.78 Å². The number of carboxylic acids is 1. The molecule has 37 heavy (non-hydrogen) atoms. The van der Waals surface area contributed by atoms with E-state index in [1.807, 2.05) is 0 Å². The molecule has 0 aliphatic rings. The maximum Gasteiger partial charge on any atom is 0.314 e. The van der Waals surface area contributed by atoms with Gasteiger partial charge in [-0.2, -0.15) is 0 Å². The summed E-state index contributed by atoms with van der Waals surface area (Å²) >= 11 is 0. The first kappa shape index (κ1) is 36.1. The predicted octanol–water partition coefficient (Wildman–Crippen LogP) is 11.6. The van der Waals surface area contributed by atoms with Crippen LogP contribution in [0.2, 0.25) is 0 Å². The standard InChI is InChI=1S/C34H66O3/c1-3-5-7-9-11-13-15-16-17-18-19-20-21-23-25-27-29-31-33(35)32(34(36)37)30-28-26-24-22-14-12-10-8-6-4-2/h32H,3-31H2,1-2H3,(H,36,37).